The number of hydrogen-bond acceptors (Lipinski definition) is 4. The number of fused-ring (bicyclic) bond motifs is 1. The van der Waals surface area contributed by atoms with Crippen molar-refractivity contribution in [3.05, 3.63) is 11.6 Å². The fourth-order valence-corrected chi connectivity index (χ4v) is 1.99. The summed E-state index contributed by atoms with van der Waals surface area (Å²) in [5.74, 6) is -0.584. The van der Waals surface area contributed by atoms with Gasteiger partial charge in [0.1, 0.15) is 5.82 Å². The van der Waals surface area contributed by atoms with Crippen LogP contribution in [0.15, 0.2) is 0 Å². The van der Waals surface area contributed by atoms with Gasteiger partial charge in [0, 0.05) is 19.5 Å². The lowest BCUT2D eigenvalue weighted by Crippen LogP contribution is -2.35. The first kappa shape index (κ1) is 12.8. The zero-order valence-corrected chi connectivity index (χ0v) is 9.61. The summed E-state index contributed by atoms with van der Waals surface area (Å²) in [7, 11) is 0. The number of rotatable bonds is 3. The van der Waals surface area contributed by atoms with Gasteiger partial charge in [0.2, 0.25) is 5.82 Å². The molecule has 0 fully saturated rings. The minimum absolute atomic E-state index is 0.240. The summed E-state index contributed by atoms with van der Waals surface area (Å²) in [5.41, 5.74) is 0. The Labute approximate surface area is 102 Å². The van der Waals surface area contributed by atoms with E-state index in [1.54, 1.807) is 0 Å². The standard InChI is InChI=1S/C10H12F3N5/c11-10(12,13)9-16-15-8-7-17(4-2-1-3-14)5-6-18(8)9/h1-2,4-7H2. The van der Waals surface area contributed by atoms with E-state index in [4.69, 9.17) is 5.26 Å². The van der Waals surface area contributed by atoms with Crippen LogP contribution in [0.25, 0.3) is 0 Å². The Morgan fingerprint density at radius 3 is 2.72 bits per heavy atom. The molecule has 18 heavy (non-hydrogen) atoms. The van der Waals surface area contributed by atoms with Crippen LogP contribution in [-0.2, 0) is 19.3 Å². The minimum atomic E-state index is -4.45. The van der Waals surface area contributed by atoms with Crippen LogP contribution in [0.2, 0.25) is 0 Å². The first-order valence-corrected chi connectivity index (χ1v) is 5.61. The van der Waals surface area contributed by atoms with Gasteiger partial charge >= 0.3 is 6.18 Å². The van der Waals surface area contributed by atoms with Crippen LogP contribution in [-0.4, -0.2) is 32.8 Å². The molecule has 1 aliphatic heterocycles. The van der Waals surface area contributed by atoms with Crippen LogP contribution in [0.5, 0.6) is 0 Å². The maximum atomic E-state index is 12.6. The molecule has 0 saturated carbocycles. The quantitative estimate of drug-likeness (QED) is 0.770. The van der Waals surface area contributed by atoms with Gasteiger partial charge < -0.3 is 4.57 Å². The van der Waals surface area contributed by atoms with E-state index in [2.05, 4.69) is 10.2 Å². The molecule has 0 unspecified atom stereocenters. The van der Waals surface area contributed by atoms with Crippen molar-refractivity contribution in [2.45, 2.75) is 32.1 Å². The number of halogens is 3. The highest BCUT2D eigenvalue weighted by Crippen LogP contribution is 2.29. The third-order valence-electron chi connectivity index (χ3n) is 2.85. The van der Waals surface area contributed by atoms with E-state index in [9.17, 15) is 13.2 Å². The number of alkyl halides is 3. The Morgan fingerprint density at radius 2 is 2.06 bits per heavy atom. The van der Waals surface area contributed by atoms with Gasteiger partial charge in [-0.05, 0) is 13.0 Å². The molecule has 0 saturated heterocycles. The molecule has 0 radical (unpaired) electrons. The lowest BCUT2D eigenvalue weighted by molar-refractivity contribution is -0.148. The average molecular weight is 259 g/mol. The van der Waals surface area contributed by atoms with Gasteiger partial charge in [0.25, 0.3) is 0 Å². The average Bonchev–Trinajstić information content (AvgIpc) is 2.72. The molecule has 2 rings (SSSR count). The van der Waals surface area contributed by atoms with Gasteiger partial charge in [-0.25, -0.2) is 0 Å². The predicted octanol–water partition coefficient (Wildman–Crippen LogP) is 1.42. The molecular weight excluding hydrogens is 247 g/mol. The summed E-state index contributed by atoms with van der Waals surface area (Å²) in [6, 6.07) is 2.04. The molecule has 8 heteroatoms. The first-order valence-electron chi connectivity index (χ1n) is 5.61. The molecule has 1 aromatic rings. The summed E-state index contributed by atoms with van der Waals surface area (Å²) >= 11 is 0. The number of hydrogen-bond donors (Lipinski definition) is 0. The minimum Gasteiger partial charge on any atom is -0.305 e. The largest absolute Gasteiger partial charge is 0.451 e. The Bertz CT molecular complexity index is 459. The van der Waals surface area contributed by atoms with E-state index in [1.165, 1.54) is 0 Å². The van der Waals surface area contributed by atoms with E-state index in [0.29, 0.717) is 31.9 Å². The molecule has 1 aromatic heterocycles. The normalized spacial score (nSPS) is 16.3. The van der Waals surface area contributed by atoms with E-state index >= 15 is 0 Å². The second kappa shape index (κ2) is 4.94. The molecule has 5 nitrogen and oxygen atoms in total. The van der Waals surface area contributed by atoms with Crippen LogP contribution in [0, 0.1) is 11.3 Å². The van der Waals surface area contributed by atoms with Crippen LogP contribution in [0.1, 0.15) is 24.5 Å². The third-order valence-corrected chi connectivity index (χ3v) is 2.85. The van der Waals surface area contributed by atoms with Crippen LogP contribution in [0.4, 0.5) is 13.2 Å². The third kappa shape index (κ3) is 2.61. The molecule has 0 aliphatic carbocycles. The van der Waals surface area contributed by atoms with Gasteiger partial charge in [-0.1, -0.05) is 0 Å². The highest BCUT2D eigenvalue weighted by atomic mass is 19.4. The van der Waals surface area contributed by atoms with Crippen molar-refractivity contribution in [2.75, 3.05) is 13.1 Å². The molecule has 1 aliphatic rings. The molecule has 0 spiro atoms. The molecule has 0 aromatic carbocycles. The fraction of sp³-hybridized carbons (Fsp3) is 0.700. The number of nitriles is 1. The van der Waals surface area contributed by atoms with Crippen molar-refractivity contribution in [3.8, 4) is 6.07 Å². The number of unbranched alkanes of at least 4 members (excludes halogenated alkanes) is 1. The second-order valence-corrected chi connectivity index (χ2v) is 4.13. The van der Waals surface area contributed by atoms with E-state index < -0.39 is 12.0 Å². The van der Waals surface area contributed by atoms with Crippen LogP contribution in [0.3, 0.4) is 0 Å². The summed E-state index contributed by atoms with van der Waals surface area (Å²) in [6.45, 7) is 1.82. The highest BCUT2D eigenvalue weighted by Gasteiger charge is 2.39. The zero-order chi connectivity index (χ0) is 13.2. The van der Waals surface area contributed by atoms with Crippen molar-refractivity contribution in [3.63, 3.8) is 0 Å². The lowest BCUT2D eigenvalue weighted by atomic mass is 10.2. The van der Waals surface area contributed by atoms with Crippen molar-refractivity contribution in [1.29, 1.82) is 5.26 Å². The summed E-state index contributed by atoms with van der Waals surface area (Å²) < 4.78 is 38.9. The van der Waals surface area contributed by atoms with Gasteiger partial charge in [0.15, 0.2) is 0 Å². The highest BCUT2D eigenvalue weighted by molar-refractivity contribution is 5.02. The molecular formula is C10H12F3N5. The summed E-state index contributed by atoms with van der Waals surface area (Å²) in [6.07, 6.45) is -3.28. The molecule has 2 heterocycles. The predicted molar refractivity (Wildman–Crippen MR) is 55.1 cm³/mol. The lowest BCUT2D eigenvalue weighted by Gasteiger charge is -2.27. The molecule has 98 valence electrons. The number of aromatic nitrogens is 3. The fourth-order valence-electron chi connectivity index (χ4n) is 1.99. The zero-order valence-electron chi connectivity index (χ0n) is 9.61. The van der Waals surface area contributed by atoms with E-state index in [1.807, 2.05) is 11.0 Å². The SMILES string of the molecule is N#CCCCN1CCn2c(nnc2C(F)(F)F)C1. The summed E-state index contributed by atoms with van der Waals surface area (Å²) in [5, 5.41) is 15.2. The van der Waals surface area contributed by atoms with Gasteiger partial charge in [-0.2, -0.15) is 18.4 Å². The van der Waals surface area contributed by atoms with Crippen molar-refractivity contribution in [1.82, 2.24) is 19.7 Å². The van der Waals surface area contributed by atoms with Crippen molar-refractivity contribution in [2.24, 2.45) is 0 Å². The Hall–Kier alpha value is -1.62. The monoisotopic (exact) mass is 259 g/mol. The van der Waals surface area contributed by atoms with E-state index in [0.717, 1.165) is 11.0 Å². The Morgan fingerprint density at radius 1 is 1.28 bits per heavy atom. The summed E-state index contributed by atoms with van der Waals surface area (Å²) in [4.78, 5) is 1.99. The molecule has 0 N–H and O–H groups in total. The Balaban J connectivity index is 2.04. The van der Waals surface area contributed by atoms with E-state index in [-0.39, 0.29) is 6.54 Å². The first-order chi connectivity index (χ1) is 8.52. The molecule has 0 atom stereocenters. The van der Waals surface area contributed by atoms with Gasteiger partial charge in [0.05, 0.1) is 12.6 Å². The van der Waals surface area contributed by atoms with Crippen molar-refractivity contribution >= 4 is 0 Å². The van der Waals surface area contributed by atoms with Crippen molar-refractivity contribution < 1.29 is 13.2 Å². The molecule has 0 amide bonds. The van der Waals surface area contributed by atoms with Gasteiger partial charge in [-0.3, -0.25) is 4.90 Å². The van der Waals surface area contributed by atoms with Crippen LogP contribution >= 0.6 is 0 Å². The maximum absolute atomic E-state index is 12.6. The maximum Gasteiger partial charge on any atom is 0.451 e. The van der Waals surface area contributed by atoms with Crippen LogP contribution < -0.4 is 0 Å². The molecule has 0 bridgehead atoms. The smallest absolute Gasteiger partial charge is 0.305 e. The van der Waals surface area contributed by atoms with Gasteiger partial charge in [-0.15, -0.1) is 10.2 Å². The topological polar surface area (TPSA) is 57.7 Å². The number of nitrogens with zero attached hydrogens (tertiary/aromatic N) is 5. The second-order valence-electron chi connectivity index (χ2n) is 4.13. The Kier molecular flexibility index (Phi) is 3.52.